The Morgan fingerprint density at radius 1 is 0.939 bits per heavy atom. The van der Waals surface area contributed by atoms with Crippen LogP contribution in [0.25, 0.3) is 0 Å². The maximum absolute atomic E-state index is 12.8. The second kappa shape index (κ2) is 9.77. The summed E-state index contributed by atoms with van der Waals surface area (Å²) in [6, 6.07) is 15.7. The first-order chi connectivity index (χ1) is 15.9. The molecule has 0 aliphatic carbocycles. The highest BCUT2D eigenvalue weighted by Gasteiger charge is 2.23. The molecule has 4 rings (SSSR count). The van der Waals surface area contributed by atoms with Crippen LogP contribution in [0.15, 0.2) is 48.5 Å². The first-order valence-electron chi connectivity index (χ1n) is 11.1. The average molecular weight is 447 g/mol. The fourth-order valence-electron chi connectivity index (χ4n) is 3.77. The van der Waals surface area contributed by atoms with Gasteiger partial charge < -0.3 is 25.2 Å². The zero-order chi connectivity index (χ0) is 23.4. The molecule has 1 aliphatic rings. The number of amides is 2. The first kappa shape index (κ1) is 22.4. The summed E-state index contributed by atoms with van der Waals surface area (Å²) in [6.07, 6.45) is 0. The predicted octanol–water partition coefficient (Wildman–Crippen LogP) is 4.51. The lowest BCUT2D eigenvalue weighted by Crippen LogP contribution is -2.50. The average Bonchev–Trinajstić information content (AvgIpc) is 2.81. The monoisotopic (exact) mass is 446 g/mol. The number of anilines is 4. The van der Waals surface area contributed by atoms with Gasteiger partial charge in [0.15, 0.2) is 0 Å². The van der Waals surface area contributed by atoms with Crippen molar-refractivity contribution in [2.24, 2.45) is 0 Å². The second-order valence-electron chi connectivity index (χ2n) is 8.27. The molecule has 33 heavy (non-hydrogen) atoms. The fourth-order valence-corrected chi connectivity index (χ4v) is 3.77. The van der Waals surface area contributed by atoms with Gasteiger partial charge in [-0.05, 0) is 56.7 Å². The molecule has 8 nitrogen and oxygen atoms in total. The molecule has 0 atom stereocenters. The number of piperazine rings is 1. The maximum Gasteiger partial charge on any atom is 0.321 e. The van der Waals surface area contributed by atoms with E-state index < -0.39 is 0 Å². The summed E-state index contributed by atoms with van der Waals surface area (Å²) < 4.78 is 5.24. The van der Waals surface area contributed by atoms with Gasteiger partial charge in [-0.1, -0.05) is 17.7 Å². The molecule has 0 saturated carbocycles. The van der Waals surface area contributed by atoms with E-state index in [0.717, 1.165) is 34.2 Å². The van der Waals surface area contributed by atoms with Gasteiger partial charge in [-0.15, -0.1) is 0 Å². The minimum absolute atomic E-state index is 0.0940. The zero-order valence-corrected chi connectivity index (χ0v) is 19.6. The van der Waals surface area contributed by atoms with Crippen LogP contribution >= 0.6 is 0 Å². The molecule has 2 aromatic carbocycles. The molecule has 8 heteroatoms. The van der Waals surface area contributed by atoms with E-state index in [4.69, 9.17) is 9.72 Å². The Bertz CT molecular complexity index is 1120. The molecular formula is C25H30N6O2. The van der Waals surface area contributed by atoms with Gasteiger partial charge in [0.05, 0.1) is 7.11 Å². The Morgan fingerprint density at radius 2 is 1.67 bits per heavy atom. The number of aryl methyl sites for hydroxylation is 3. The third kappa shape index (κ3) is 5.52. The number of methoxy groups -OCH3 is 1. The first-order valence-corrected chi connectivity index (χ1v) is 11.1. The number of ether oxygens (including phenoxy) is 1. The topological polar surface area (TPSA) is 82.6 Å². The highest BCUT2D eigenvalue weighted by Crippen LogP contribution is 2.23. The normalized spacial score (nSPS) is 13.6. The number of carbonyl (C=O) groups excluding carboxylic acids is 1. The van der Waals surface area contributed by atoms with E-state index in [-0.39, 0.29) is 6.03 Å². The number of nitrogens with zero attached hydrogens (tertiary/aromatic N) is 4. The lowest BCUT2D eigenvalue weighted by atomic mass is 10.2. The van der Waals surface area contributed by atoms with Crippen molar-refractivity contribution >= 4 is 29.2 Å². The highest BCUT2D eigenvalue weighted by molar-refractivity contribution is 5.90. The molecule has 2 N–H and O–H groups in total. The van der Waals surface area contributed by atoms with Crippen LogP contribution in [0.2, 0.25) is 0 Å². The van der Waals surface area contributed by atoms with Gasteiger partial charge in [-0.25, -0.2) is 9.78 Å². The van der Waals surface area contributed by atoms with E-state index in [1.807, 2.05) is 55.1 Å². The van der Waals surface area contributed by atoms with Crippen LogP contribution in [0.3, 0.4) is 0 Å². The molecule has 0 unspecified atom stereocenters. The number of hydrogen-bond donors (Lipinski definition) is 2. The van der Waals surface area contributed by atoms with Gasteiger partial charge in [0.2, 0.25) is 5.95 Å². The van der Waals surface area contributed by atoms with Crippen molar-refractivity contribution in [3.63, 3.8) is 0 Å². The van der Waals surface area contributed by atoms with Gasteiger partial charge in [-0.2, -0.15) is 4.98 Å². The van der Waals surface area contributed by atoms with Gasteiger partial charge in [0.25, 0.3) is 0 Å². The number of rotatable bonds is 5. The standard InChI is InChI=1S/C25H30N6O2/c1-17-5-7-20(8-6-17)27-24-26-19(3)16-23(29-24)30-11-13-31(14-12-30)25(32)28-22-10-9-21(33-4)15-18(22)2/h5-10,15-16H,11-14H2,1-4H3,(H,28,32)(H,26,27,29). The molecule has 2 heterocycles. The smallest absolute Gasteiger partial charge is 0.321 e. The lowest BCUT2D eigenvalue weighted by molar-refractivity contribution is 0.208. The number of hydrogen-bond acceptors (Lipinski definition) is 6. The number of urea groups is 1. The minimum Gasteiger partial charge on any atom is -0.497 e. The summed E-state index contributed by atoms with van der Waals surface area (Å²) in [5.41, 5.74) is 4.81. The predicted molar refractivity (Wildman–Crippen MR) is 132 cm³/mol. The third-order valence-electron chi connectivity index (χ3n) is 5.71. The SMILES string of the molecule is COc1ccc(NC(=O)N2CCN(c3cc(C)nc(Nc4ccc(C)cc4)n3)CC2)c(C)c1. The van der Waals surface area contributed by atoms with Crippen LogP contribution in [-0.2, 0) is 0 Å². The zero-order valence-electron chi connectivity index (χ0n) is 19.6. The highest BCUT2D eigenvalue weighted by atomic mass is 16.5. The number of carbonyl (C=O) groups is 1. The minimum atomic E-state index is -0.0940. The summed E-state index contributed by atoms with van der Waals surface area (Å²) >= 11 is 0. The summed E-state index contributed by atoms with van der Waals surface area (Å²) in [6.45, 7) is 8.62. The summed E-state index contributed by atoms with van der Waals surface area (Å²) in [5.74, 6) is 2.21. The Morgan fingerprint density at radius 3 is 2.33 bits per heavy atom. The molecule has 1 aliphatic heterocycles. The summed E-state index contributed by atoms with van der Waals surface area (Å²) in [7, 11) is 1.63. The van der Waals surface area contributed by atoms with Crippen molar-refractivity contribution in [3.8, 4) is 5.75 Å². The molecule has 1 aromatic heterocycles. The van der Waals surface area contributed by atoms with Gasteiger partial charge >= 0.3 is 6.03 Å². The van der Waals surface area contributed by atoms with Crippen LogP contribution < -0.4 is 20.3 Å². The maximum atomic E-state index is 12.8. The lowest BCUT2D eigenvalue weighted by Gasteiger charge is -2.35. The van der Waals surface area contributed by atoms with Gasteiger partial charge in [-0.3, -0.25) is 0 Å². The molecule has 3 aromatic rings. The van der Waals surface area contributed by atoms with Crippen molar-refractivity contribution in [2.75, 3.05) is 48.8 Å². The molecule has 1 saturated heterocycles. The van der Waals surface area contributed by atoms with Gasteiger partial charge in [0, 0.05) is 49.3 Å². The van der Waals surface area contributed by atoms with Crippen molar-refractivity contribution in [1.82, 2.24) is 14.9 Å². The van der Waals surface area contributed by atoms with E-state index in [2.05, 4.69) is 39.6 Å². The molecule has 2 amide bonds. The quantitative estimate of drug-likeness (QED) is 0.600. The molecular weight excluding hydrogens is 416 g/mol. The van der Waals surface area contributed by atoms with Crippen molar-refractivity contribution in [1.29, 1.82) is 0 Å². The Kier molecular flexibility index (Phi) is 6.63. The van der Waals surface area contributed by atoms with Crippen molar-refractivity contribution < 1.29 is 9.53 Å². The summed E-state index contributed by atoms with van der Waals surface area (Å²) in [5, 5.41) is 6.30. The Hall–Kier alpha value is -3.81. The number of benzene rings is 2. The van der Waals surface area contributed by atoms with E-state index in [0.29, 0.717) is 32.1 Å². The third-order valence-corrected chi connectivity index (χ3v) is 5.71. The molecule has 0 radical (unpaired) electrons. The van der Waals surface area contributed by atoms with E-state index in [9.17, 15) is 4.79 Å². The molecule has 0 bridgehead atoms. The van der Waals surface area contributed by atoms with Gasteiger partial charge in [0.1, 0.15) is 11.6 Å². The van der Waals surface area contributed by atoms with Crippen LogP contribution in [0, 0.1) is 20.8 Å². The molecule has 172 valence electrons. The largest absolute Gasteiger partial charge is 0.497 e. The van der Waals surface area contributed by atoms with Crippen LogP contribution in [-0.4, -0.2) is 54.2 Å². The summed E-state index contributed by atoms with van der Waals surface area (Å²) in [4.78, 5) is 26.0. The Balaban J connectivity index is 1.37. The van der Waals surface area contributed by atoms with Crippen LogP contribution in [0.1, 0.15) is 16.8 Å². The van der Waals surface area contributed by atoms with Crippen molar-refractivity contribution in [2.45, 2.75) is 20.8 Å². The van der Waals surface area contributed by atoms with Crippen LogP contribution in [0.4, 0.5) is 27.9 Å². The second-order valence-corrected chi connectivity index (χ2v) is 8.27. The number of nitrogens with one attached hydrogen (secondary N) is 2. The van der Waals surface area contributed by atoms with E-state index in [1.54, 1.807) is 7.11 Å². The van der Waals surface area contributed by atoms with E-state index >= 15 is 0 Å². The Labute approximate surface area is 194 Å². The fraction of sp³-hybridized carbons (Fsp3) is 0.320. The molecule has 0 spiro atoms. The van der Waals surface area contributed by atoms with Crippen LogP contribution in [0.5, 0.6) is 5.75 Å². The van der Waals surface area contributed by atoms with Crippen molar-refractivity contribution in [3.05, 3.63) is 65.4 Å². The van der Waals surface area contributed by atoms with E-state index in [1.165, 1.54) is 5.56 Å². The molecule has 1 fully saturated rings. The number of aromatic nitrogens is 2.